The summed E-state index contributed by atoms with van der Waals surface area (Å²) in [5.41, 5.74) is 12.1. The summed E-state index contributed by atoms with van der Waals surface area (Å²) >= 11 is 0. The summed E-state index contributed by atoms with van der Waals surface area (Å²) in [6.45, 7) is 0. The van der Waals surface area contributed by atoms with E-state index in [0.717, 1.165) is 77.2 Å². The molecule has 0 saturated heterocycles. The van der Waals surface area contributed by atoms with Crippen LogP contribution in [0.4, 0.5) is 0 Å². The van der Waals surface area contributed by atoms with E-state index in [0.29, 0.717) is 17.5 Å². The molecule has 11 rings (SSSR count). The third kappa shape index (κ3) is 5.29. The lowest BCUT2D eigenvalue weighted by Crippen LogP contribution is -2.02. The molecule has 5 nitrogen and oxygen atoms in total. The highest BCUT2D eigenvalue weighted by Gasteiger charge is 2.22. The lowest BCUT2D eigenvalue weighted by atomic mass is 9.99. The molecule has 3 heterocycles. The highest BCUT2D eigenvalue weighted by atomic mass is 16.3. The predicted molar refractivity (Wildman–Crippen MR) is 229 cm³/mol. The SMILES string of the molecule is c1ccc(-c2ccc(-c3ccc4c(c3)oc3c(-n5c6ccccc6c6cccc(-c7nc(-c8ccccc8)nc(-c8ccccc8)n7)c65)cccc34)cc2)cc1. The van der Waals surface area contributed by atoms with Crippen LogP contribution in [0.25, 0.3) is 106 Å². The van der Waals surface area contributed by atoms with Crippen LogP contribution in [0.3, 0.4) is 0 Å². The van der Waals surface area contributed by atoms with Crippen molar-refractivity contribution in [3.8, 4) is 62.1 Å². The molecule has 3 aromatic heterocycles. The van der Waals surface area contributed by atoms with Gasteiger partial charge in [-0.3, -0.25) is 0 Å². The van der Waals surface area contributed by atoms with Gasteiger partial charge in [-0.25, -0.2) is 15.0 Å². The van der Waals surface area contributed by atoms with E-state index >= 15 is 0 Å². The quantitative estimate of drug-likeness (QED) is 0.172. The Labute approximate surface area is 322 Å². The number of aromatic nitrogens is 4. The van der Waals surface area contributed by atoms with Crippen molar-refractivity contribution in [3.05, 3.63) is 194 Å². The predicted octanol–water partition coefficient (Wildman–Crippen LogP) is 13.2. The standard InChI is InChI=1S/C51H32N4O/c1-4-14-33(15-5-1)34-26-28-35(29-27-34)38-30-31-40-42-22-13-25-45(48(42)56-46(40)32-38)55-44-24-11-10-20-39(44)41-21-12-23-43(47(41)55)51-53-49(36-16-6-2-7-17-36)52-50(54-51)37-18-8-3-9-19-37/h1-32H. The van der Waals surface area contributed by atoms with Gasteiger partial charge >= 0.3 is 0 Å². The normalized spacial score (nSPS) is 11.6. The Kier molecular flexibility index (Phi) is 7.42. The van der Waals surface area contributed by atoms with Crippen LogP contribution in [0, 0.1) is 0 Å². The van der Waals surface area contributed by atoms with Crippen molar-refractivity contribution >= 4 is 43.7 Å². The Hall–Kier alpha value is -7.63. The van der Waals surface area contributed by atoms with Crippen LogP contribution in [-0.4, -0.2) is 19.5 Å². The summed E-state index contributed by atoms with van der Waals surface area (Å²) in [4.78, 5) is 15.3. The second kappa shape index (κ2) is 13.0. The zero-order chi connectivity index (χ0) is 37.0. The highest BCUT2D eigenvalue weighted by Crippen LogP contribution is 2.42. The van der Waals surface area contributed by atoms with E-state index in [-0.39, 0.29) is 0 Å². The Balaban J connectivity index is 1.11. The average Bonchev–Trinajstić information content (AvgIpc) is 3.83. The molecule has 0 N–H and O–H groups in total. The maximum Gasteiger partial charge on any atom is 0.166 e. The topological polar surface area (TPSA) is 56.7 Å². The number of hydrogen-bond donors (Lipinski definition) is 0. The van der Waals surface area contributed by atoms with Crippen LogP contribution < -0.4 is 0 Å². The fourth-order valence-electron chi connectivity index (χ4n) is 8.00. The number of benzene rings is 8. The van der Waals surface area contributed by atoms with Gasteiger partial charge in [0.25, 0.3) is 0 Å². The lowest BCUT2D eigenvalue weighted by molar-refractivity contribution is 0.666. The van der Waals surface area contributed by atoms with Gasteiger partial charge in [-0.2, -0.15) is 0 Å². The highest BCUT2D eigenvalue weighted by molar-refractivity contribution is 6.15. The van der Waals surface area contributed by atoms with Crippen molar-refractivity contribution < 1.29 is 4.42 Å². The minimum absolute atomic E-state index is 0.604. The van der Waals surface area contributed by atoms with Gasteiger partial charge in [-0.15, -0.1) is 0 Å². The summed E-state index contributed by atoms with van der Waals surface area (Å²) in [5, 5.41) is 4.38. The number of fused-ring (bicyclic) bond motifs is 6. The molecule has 11 aromatic rings. The molecule has 0 bridgehead atoms. The van der Waals surface area contributed by atoms with Crippen molar-refractivity contribution in [2.24, 2.45) is 0 Å². The lowest BCUT2D eigenvalue weighted by Gasteiger charge is -2.13. The Bertz CT molecular complexity index is 3160. The van der Waals surface area contributed by atoms with Crippen LogP contribution in [0.2, 0.25) is 0 Å². The molecule has 0 aliphatic rings. The van der Waals surface area contributed by atoms with E-state index in [1.807, 2.05) is 66.7 Å². The third-order valence-electron chi connectivity index (χ3n) is 10.7. The molecule has 0 saturated carbocycles. The molecular weight excluding hydrogens is 685 g/mol. The molecule has 0 unspecified atom stereocenters. The summed E-state index contributed by atoms with van der Waals surface area (Å²) in [7, 11) is 0. The Morgan fingerprint density at radius 3 is 1.57 bits per heavy atom. The Morgan fingerprint density at radius 1 is 0.357 bits per heavy atom. The van der Waals surface area contributed by atoms with E-state index < -0.39 is 0 Å². The summed E-state index contributed by atoms with van der Waals surface area (Å²) in [6.07, 6.45) is 0. The summed E-state index contributed by atoms with van der Waals surface area (Å²) in [5.74, 6) is 1.85. The molecule has 0 fully saturated rings. The van der Waals surface area contributed by atoms with Crippen molar-refractivity contribution in [2.45, 2.75) is 0 Å². The smallest absolute Gasteiger partial charge is 0.166 e. The minimum Gasteiger partial charge on any atom is -0.454 e. The molecule has 8 aromatic carbocycles. The molecule has 0 spiro atoms. The second-order valence-corrected chi connectivity index (χ2v) is 14.0. The van der Waals surface area contributed by atoms with Gasteiger partial charge in [0.15, 0.2) is 23.1 Å². The maximum atomic E-state index is 6.90. The average molecular weight is 717 g/mol. The first kappa shape index (κ1) is 31.9. The van der Waals surface area contributed by atoms with Crippen LogP contribution in [0.15, 0.2) is 199 Å². The number of para-hydroxylation sites is 3. The Morgan fingerprint density at radius 2 is 0.875 bits per heavy atom. The van der Waals surface area contributed by atoms with Crippen LogP contribution in [-0.2, 0) is 0 Å². The maximum absolute atomic E-state index is 6.90. The molecule has 56 heavy (non-hydrogen) atoms. The van der Waals surface area contributed by atoms with Crippen molar-refractivity contribution in [3.63, 3.8) is 0 Å². The molecule has 0 aliphatic heterocycles. The first-order valence-electron chi connectivity index (χ1n) is 18.8. The first-order valence-corrected chi connectivity index (χ1v) is 18.8. The molecule has 0 radical (unpaired) electrons. The fraction of sp³-hybridized carbons (Fsp3) is 0. The molecule has 0 aliphatic carbocycles. The molecule has 0 amide bonds. The van der Waals surface area contributed by atoms with E-state index in [1.165, 1.54) is 11.1 Å². The zero-order valence-electron chi connectivity index (χ0n) is 30.2. The van der Waals surface area contributed by atoms with Crippen molar-refractivity contribution in [1.82, 2.24) is 19.5 Å². The van der Waals surface area contributed by atoms with Gasteiger partial charge in [-0.1, -0.05) is 164 Å². The van der Waals surface area contributed by atoms with Gasteiger partial charge in [0.2, 0.25) is 0 Å². The molecular formula is C51H32N4O. The van der Waals surface area contributed by atoms with Crippen molar-refractivity contribution in [1.29, 1.82) is 0 Å². The monoisotopic (exact) mass is 716 g/mol. The van der Waals surface area contributed by atoms with Crippen LogP contribution >= 0.6 is 0 Å². The first-order chi connectivity index (χ1) is 27.8. The van der Waals surface area contributed by atoms with E-state index in [1.54, 1.807) is 0 Å². The van der Waals surface area contributed by atoms with E-state index in [2.05, 4.69) is 132 Å². The van der Waals surface area contributed by atoms with Gasteiger partial charge < -0.3 is 8.98 Å². The van der Waals surface area contributed by atoms with Crippen LogP contribution in [0.5, 0.6) is 0 Å². The van der Waals surface area contributed by atoms with Gasteiger partial charge in [0.05, 0.1) is 16.7 Å². The van der Waals surface area contributed by atoms with E-state index in [9.17, 15) is 0 Å². The molecule has 262 valence electrons. The van der Waals surface area contributed by atoms with Crippen LogP contribution in [0.1, 0.15) is 0 Å². The van der Waals surface area contributed by atoms with E-state index in [4.69, 9.17) is 19.4 Å². The number of furan rings is 1. The van der Waals surface area contributed by atoms with Gasteiger partial charge in [-0.05, 0) is 52.6 Å². The second-order valence-electron chi connectivity index (χ2n) is 14.0. The number of hydrogen-bond acceptors (Lipinski definition) is 4. The minimum atomic E-state index is 0.604. The third-order valence-corrected chi connectivity index (χ3v) is 10.7. The summed E-state index contributed by atoms with van der Waals surface area (Å²) in [6, 6.07) is 67.3. The fourth-order valence-corrected chi connectivity index (χ4v) is 8.00. The molecule has 5 heteroatoms. The van der Waals surface area contributed by atoms with Crippen molar-refractivity contribution in [2.75, 3.05) is 0 Å². The molecule has 0 atom stereocenters. The summed E-state index contributed by atoms with van der Waals surface area (Å²) < 4.78 is 9.22. The van der Waals surface area contributed by atoms with Gasteiger partial charge in [0, 0.05) is 38.2 Å². The zero-order valence-corrected chi connectivity index (χ0v) is 30.2. The number of rotatable bonds is 6. The number of nitrogens with zero attached hydrogens (tertiary/aromatic N) is 4. The van der Waals surface area contributed by atoms with Gasteiger partial charge in [0.1, 0.15) is 5.58 Å². The largest absolute Gasteiger partial charge is 0.454 e.